The lowest BCUT2D eigenvalue weighted by atomic mass is 10.0. The number of hydrogen-bond donors (Lipinski definition) is 0. The molecule has 0 fully saturated rings. The summed E-state index contributed by atoms with van der Waals surface area (Å²) < 4.78 is 2.99. The quantitative estimate of drug-likeness (QED) is 0.193. The predicted molar refractivity (Wildman–Crippen MR) is 142 cm³/mol. The Morgan fingerprint density at radius 3 is 2.03 bits per heavy atom. The van der Waals surface area contributed by atoms with E-state index < -0.39 is 0 Å². The molecule has 0 amide bonds. The number of hydrogen-bond acceptors (Lipinski definition) is 4. The molecular weight excluding hydrogens is 439 g/mol. The number of aromatic nitrogens is 2. The van der Waals surface area contributed by atoms with Gasteiger partial charge in [-0.05, 0) is 66.9 Å². The molecule has 0 N–H and O–H groups in total. The van der Waals surface area contributed by atoms with Gasteiger partial charge in [-0.15, -0.1) is 11.3 Å². The first-order valence-electron chi connectivity index (χ1n) is 11.2. The second-order valence-corrected chi connectivity index (χ2v) is 10.1. The highest BCUT2D eigenvalue weighted by atomic mass is 32.1. The van der Waals surface area contributed by atoms with Gasteiger partial charge in [0, 0.05) is 22.4 Å². The van der Waals surface area contributed by atoms with Gasteiger partial charge < -0.3 is 4.48 Å². The molecule has 0 saturated carbocycles. The normalized spacial score (nSPS) is 13.3. The van der Waals surface area contributed by atoms with Crippen molar-refractivity contribution in [3.8, 4) is 10.6 Å². The zero-order chi connectivity index (χ0) is 23.7. The summed E-state index contributed by atoms with van der Waals surface area (Å²) in [7, 11) is 1.93. The average molecular weight is 460 g/mol. The van der Waals surface area contributed by atoms with E-state index in [9.17, 15) is 9.59 Å². The van der Waals surface area contributed by atoms with Gasteiger partial charge in [-0.25, -0.2) is 4.98 Å². The van der Waals surface area contributed by atoms with E-state index >= 15 is 0 Å². The number of benzene rings is 3. The number of fused-ring (bicyclic) bond motifs is 3. The molecule has 6 heteroatoms. The molecule has 2 aromatic heterocycles. The van der Waals surface area contributed by atoms with E-state index in [1.807, 2.05) is 54.9 Å². The van der Waals surface area contributed by atoms with Crippen molar-refractivity contribution in [1.82, 2.24) is 9.46 Å². The van der Waals surface area contributed by atoms with Crippen LogP contribution in [0.25, 0.3) is 37.8 Å². The molecule has 1 aliphatic rings. The van der Waals surface area contributed by atoms with Crippen molar-refractivity contribution in [3.05, 3.63) is 93.7 Å². The van der Waals surface area contributed by atoms with Crippen molar-refractivity contribution in [1.29, 1.82) is 0 Å². The number of aryl methyl sites for hydroxylation is 3. The molecule has 5 aromatic rings. The van der Waals surface area contributed by atoms with Gasteiger partial charge in [0.05, 0.1) is 10.3 Å². The number of allylic oxidation sites excluding steroid dienone is 1. The van der Waals surface area contributed by atoms with Crippen LogP contribution in [0.2, 0.25) is 0 Å². The van der Waals surface area contributed by atoms with Crippen LogP contribution in [-0.4, -0.2) is 29.0 Å². The maximum absolute atomic E-state index is 13.2. The number of carbonyl (C=O) groups is 2. The van der Waals surface area contributed by atoms with Crippen molar-refractivity contribution in [2.24, 2.45) is 0 Å². The van der Waals surface area contributed by atoms with Crippen molar-refractivity contribution in [2.75, 3.05) is 0 Å². The zero-order valence-electron chi connectivity index (χ0n) is 19.4. The molecule has 0 aliphatic heterocycles. The lowest BCUT2D eigenvalue weighted by Crippen LogP contribution is -2.02. The second-order valence-electron chi connectivity index (χ2n) is 9.07. The average Bonchev–Trinajstić information content (AvgIpc) is 3.40. The van der Waals surface area contributed by atoms with Gasteiger partial charge in [0.15, 0.2) is 11.6 Å². The minimum absolute atomic E-state index is 0.212. The van der Waals surface area contributed by atoms with E-state index in [1.165, 1.54) is 22.3 Å². The Morgan fingerprint density at radius 1 is 0.882 bits per heavy atom. The van der Waals surface area contributed by atoms with Crippen molar-refractivity contribution in [3.63, 3.8) is 0 Å². The third-order valence-corrected chi connectivity index (χ3v) is 7.68. The second kappa shape index (κ2) is 7.37. The summed E-state index contributed by atoms with van der Waals surface area (Å²) in [6, 6.07) is 17.8. The van der Waals surface area contributed by atoms with Gasteiger partial charge in [-0.3, -0.25) is 9.59 Å². The van der Waals surface area contributed by atoms with E-state index in [-0.39, 0.29) is 17.1 Å². The van der Waals surface area contributed by atoms with Gasteiger partial charge in [0.2, 0.25) is 7.98 Å². The fourth-order valence-electron chi connectivity index (χ4n) is 5.06. The molecule has 2 heterocycles. The summed E-state index contributed by atoms with van der Waals surface area (Å²) in [6.07, 6.45) is 1.71. The maximum Gasteiger partial charge on any atom is 0.225 e. The van der Waals surface area contributed by atoms with Crippen LogP contribution in [0.4, 0.5) is 0 Å². The lowest BCUT2D eigenvalue weighted by Gasteiger charge is -2.08. The summed E-state index contributed by atoms with van der Waals surface area (Å²) in [6.45, 7) is 6.35. The topological polar surface area (TPSA) is 52.0 Å². The molecule has 0 bridgehead atoms. The number of ketones is 2. The first-order chi connectivity index (χ1) is 16.3. The number of rotatable bonds is 2. The SMILES string of the molecule is Bn1c(C=C2C(=O)c3cc4ccccc4cc3C2=O)cc2sc(-c3c(C)cc(C)cc3C)nc21. The van der Waals surface area contributed by atoms with Crippen LogP contribution >= 0.6 is 11.3 Å². The first kappa shape index (κ1) is 20.8. The summed E-state index contributed by atoms with van der Waals surface area (Å²) in [4.78, 5) is 31.2. The fourth-order valence-corrected chi connectivity index (χ4v) is 6.28. The van der Waals surface area contributed by atoms with E-state index in [1.54, 1.807) is 17.4 Å². The molecule has 34 heavy (non-hydrogen) atoms. The van der Waals surface area contributed by atoms with Gasteiger partial charge in [0.1, 0.15) is 10.7 Å². The van der Waals surface area contributed by atoms with E-state index in [0.29, 0.717) is 11.1 Å². The Balaban J connectivity index is 1.43. The summed E-state index contributed by atoms with van der Waals surface area (Å²) >= 11 is 1.64. The van der Waals surface area contributed by atoms with E-state index in [0.717, 1.165) is 31.8 Å². The molecule has 0 radical (unpaired) electrons. The predicted octanol–water partition coefficient (Wildman–Crippen LogP) is 5.70. The highest BCUT2D eigenvalue weighted by Gasteiger charge is 2.33. The third kappa shape index (κ3) is 3.02. The highest BCUT2D eigenvalue weighted by molar-refractivity contribution is 7.21. The van der Waals surface area contributed by atoms with Gasteiger partial charge in [-0.2, -0.15) is 0 Å². The highest BCUT2D eigenvalue weighted by Crippen LogP contribution is 2.37. The molecule has 0 atom stereocenters. The van der Waals surface area contributed by atoms with Crippen LogP contribution in [-0.2, 0) is 0 Å². The van der Waals surface area contributed by atoms with Crippen molar-refractivity contribution < 1.29 is 9.59 Å². The van der Waals surface area contributed by atoms with Crippen LogP contribution in [0.5, 0.6) is 0 Å². The molecular formula is C28H21BN2O2S. The monoisotopic (exact) mass is 460 g/mol. The Morgan fingerprint density at radius 2 is 1.47 bits per heavy atom. The molecule has 4 nitrogen and oxygen atoms in total. The maximum atomic E-state index is 13.2. The summed E-state index contributed by atoms with van der Waals surface area (Å²) in [5.41, 5.74) is 7.68. The molecule has 3 aromatic carbocycles. The molecule has 1 aliphatic carbocycles. The van der Waals surface area contributed by atoms with Crippen molar-refractivity contribution >= 4 is 58.1 Å². The fraction of sp³-hybridized carbons (Fsp3) is 0.107. The van der Waals surface area contributed by atoms with Crippen molar-refractivity contribution in [2.45, 2.75) is 20.8 Å². The number of carbonyl (C=O) groups excluding carboxylic acids is 2. The van der Waals surface area contributed by atoms with Crippen LogP contribution in [0.15, 0.2) is 60.2 Å². The number of Topliss-reactive ketones (excluding diaryl/α,β-unsaturated/α-hetero) is 2. The van der Waals surface area contributed by atoms with Crippen LogP contribution in [0.1, 0.15) is 43.1 Å². The lowest BCUT2D eigenvalue weighted by molar-refractivity contribution is 0.0990. The first-order valence-corrected chi connectivity index (χ1v) is 12.0. The minimum Gasteiger partial charge on any atom is -0.378 e. The summed E-state index contributed by atoms with van der Waals surface area (Å²) in [5, 5.41) is 2.91. The Labute approximate surface area is 202 Å². The van der Waals surface area contributed by atoms with E-state index in [4.69, 9.17) is 4.98 Å². The number of nitrogens with zero attached hydrogens (tertiary/aromatic N) is 2. The smallest absolute Gasteiger partial charge is 0.225 e. The minimum atomic E-state index is -0.213. The Kier molecular flexibility index (Phi) is 4.51. The van der Waals surface area contributed by atoms with Gasteiger partial charge in [-0.1, -0.05) is 42.0 Å². The molecule has 0 spiro atoms. The molecule has 0 saturated heterocycles. The molecule has 164 valence electrons. The third-order valence-electron chi connectivity index (χ3n) is 6.67. The zero-order valence-corrected chi connectivity index (χ0v) is 20.2. The van der Waals surface area contributed by atoms with Crippen LogP contribution in [0, 0.1) is 20.8 Å². The van der Waals surface area contributed by atoms with Crippen LogP contribution < -0.4 is 0 Å². The Bertz CT molecular complexity index is 1660. The Hall–Kier alpha value is -3.77. The summed E-state index contributed by atoms with van der Waals surface area (Å²) in [5.74, 6) is -0.426. The largest absolute Gasteiger partial charge is 0.378 e. The number of thiazole rings is 1. The van der Waals surface area contributed by atoms with Gasteiger partial charge >= 0.3 is 0 Å². The molecule has 6 rings (SSSR count). The van der Waals surface area contributed by atoms with Crippen LogP contribution in [0.3, 0.4) is 0 Å². The molecule has 0 unspecified atom stereocenters. The van der Waals surface area contributed by atoms with Gasteiger partial charge in [0.25, 0.3) is 0 Å². The van der Waals surface area contributed by atoms with E-state index in [2.05, 4.69) is 32.9 Å². The standard InChI is InChI=1S/C28H21BN2O2S/c1-14-8-15(2)24(16(3)9-14)28-30-27-23(34-28)13-19(31(27)29)12-22-25(32)20-10-17-6-4-5-7-18(17)11-21(20)26(22)33/h4-13H,29H2,1-3H3.